The van der Waals surface area contributed by atoms with Gasteiger partial charge in [-0.15, -0.1) is 0 Å². The molecule has 0 unspecified atom stereocenters. The Kier molecular flexibility index (Phi) is 3.99. The van der Waals surface area contributed by atoms with E-state index in [0.29, 0.717) is 17.3 Å². The zero-order valence-electron chi connectivity index (χ0n) is 11.5. The topological polar surface area (TPSA) is 72.2 Å². The molecule has 0 heterocycles. The number of benzene rings is 2. The first-order valence-electron chi connectivity index (χ1n) is 6.37. The van der Waals surface area contributed by atoms with Crippen LogP contribution in [0, 0.1) is 0 Å². The second-order valence-corrected chi connectivity index (χ2v) is 6.63. The fraction of sp³-hybridized carbons (Fsp3) is 0.200. The Labute approximate surface area is 119 Å². The molecule has 0 aliphatic rings. The molecule has 0 spiro atoms. The number of nitrogens with two attached hydrogens (primary N) is 1. The molecule has 2 rings (SSSR count). The van der Waals surface area contributed by atoms with Crippen molar-refractivity contribution in [1.29, 1.82) is 0 Å². The minimum absolute atomic E-state index is 0.249. The first-order valence-corrected chi connectivity index (χ1v) is 7.85. The molecule has 20 heavy (non-hydrogen) atoms. The Bertz CT molecular complexity index is 675. The van der Waals surface area contributed by atoms with Gasteiger partial charge in [0.05, 0.1) is 4.90 Å². The molecule has 0 bridgehead atoms. The quantitative estimate of drug-likeness (QED) is 0.849. The minimum atomic E-state index is -3.56. The first kappa shape index (κ1) is 14.4. The lowest BCUT2D eigenvalue weighted by Gasteiger charge is -2.10. The van der Waals surface area contributed by atoms with Gasteiger partial charge in [0.1, 0.15) is 0 Å². The van der Waals surface area contributed by atoms with Crippen molar-refractivity contribution in [3.8, 4) is 0 Å². The van der Waals surface area contributed by atoms with E-state index >= 15 is 0 Å². The molecule has 0 aliphatic heterocycles. The summed E-state index contributed by atoms with van der Waals surface area (Å²) in [5.41, 5.74) is 7.76. The van der Waals surface area contributed by atoms with Crippen molar-refractivity contribution >= 4 is 21.4 Å². The molecule has 0 radical (unpaired) electrons. The van der Waals surface area contributed by atoms with Crippen LogP contribution in [0.3, 0.4) is 0 Å². The molecule has 2 aromatic carbocycles. The summed E-state index contributed by atoms with van der Waals surface area (Å²) in [5.74, 6) is 0.372. The molecular formula is C15H18N2O2S. The molecule has 0 aliphatic carbocycles. The van der Waals surface area contributed by atoms with Crippen molar-refractivity contribution in [1.82, 2.24) is 0 Å². The summed E-state index contributed by atoms with van der Waals surface area (Å²) in [5, 5.41) is 0. The largest absolute Gasteiger partial charge is 0.399 e. The van der Waals surface area contributed by atoms with Gasteiger partial charge in [-0.05, 0) is 47.9 Å². The van der Waals surface area contributed by atoms with Crippen LogP contribution in [-0.4, -0.2) is 8.42 Å². The van der Waals surface area contributed by atoms with Gasteiger partial charge in [-0.3, -0.25) is 4.72 Å². The first-order chi connectivity index (χ1) is 9.38. The Balaban J connectivity index is 2.23. The molecule has 0 amide bonds. The third-order valence-corrected chi connectivity index (χ3v) is 4.42. The number of hydrogen-bond donors (Lipinski definition) is 2. The van der Waals surface area contributed by atoms with Crippen LogP contribution in [0.15, 0.2) is 53.4 Å². The molecule has 2 aromatic rings. The third-order valence-electron chi connectivity index (χ3n) is 3.02. The minimum Gasteiger partial charge on any atom is -0.399 e. The highest BCUT2D eigenvalue weighted by Gasteiger charge is 2.14. The Morgan fingerprint density at radius 2 is 1.50 bits per heavy atom. The van der Waals surface area contributed by atoms with Gasteiger partial charge in [0.25, 0.3) is 10.0 Å². The lowest BCUT2D eigenvalue weighted by molar-refractivity contribution is 0.601. The summed E-state index contributed by atoms with van der Waals surface area (Å²) in [6.45, 7) is 4.13. The van der Waals surface area contributed by atoms with Gasteiger partial charge in [-0.1, -0.05) is 26.0 Å². The zero-order valence-corrected chi connectivity index (χ0v) is 12.3. The molecule has 4 nitrogen and oxygen atoms in total. The van der Waals surface area contributed by atoms with Crippen LogP contribution in [0.5, 0.6) is 0 Å². The molecule has 0 atom stereocenters. The normalized spacial score (nSPS) is 11.6. The number of nitrogens with one attached hydrogen (secondary N) is 1. The highest BCUT2D eigenvalue weighted by Crippen LogP contribution is 2.20. The SMILES string of the molecule is CC(C)c1ccc(S(=O)(=O)Nc2ccc(N)cc2)cc1. The van der Waals surface area contributed by atoms with Crippen LogP contribution < -0.4 is 10.5 Å². The predicted octanol–water partition coefficient (Wildman–Crippen LogP) is 3.19. The average molecular weight is 290 g/mol. The van der Waals surface area contributed by atoms with Gasteiger partial charge in [-0.2, -0.15) is 0 Å². The predicted molar refractivity (Wildman–Crippen MR) is 82.2 cm³/mol. The fourth-order valence-electron chi connectivity index (χ4n) is 1.80. The maximum Gasteiger partial charge on any atom is 0.261 e. The van der Waals surface area contributed by atoms with Gasteiger partial charge in [0.15, 0.2) is 0 Å². The van der Waals surface area contributed by atoms with Crippen LogP contribution in [0.2, 0.25) is 0 Å². The fourth-order valence-corrected chi connectivity index (χ4v) is 2.86. The van der Waals surface area contributed by atoms with E-state index < -0.39 is 10.0 Å². The highest BCUT2D eigenvalue weighted by molar-refractivity contribution is 7.92. The third kappa shape index (κ3) is 3.30. The van der Waals surface area contributed by atoms with Crippen molar-refractivity contribution in [2.75, 3.05) is 10.5 Å². The highest BCUT2D eigenvalue weighted by atomic mass is 32.2. The summed E-state index contributed by atoms with van der Waals surface area (Å²) >= 11 is 0. The second kappa shape index (κ2) is 5.54. The number of nitrogen functional groups attached to an aromatic ring is 1. The van der Waals surface area contributed by atoms with E-state index in [4.69, 9.17) is 5.73 Å². The lowest BCUT2D eigenvalue weighted by Crippen LogP contribution is -2.13. The number of anilines is 2. The van der Waals surface area contributed by atoms with Crippen LogP contribution >= 0.6 is 0 Å². The van der Waals surface area contributed by atoms with Crippen LogP contribution in [0.25, 0.3) is 0 Å². The molecule has 3 N–H and O–H groups in total. The van der Waals surface area contributed by atoms with Crippen LogP contribution in [-0.2, 0) is 10.0 Å². The van der Waals surface area contributed by atoms with Crippen molar-refractivity contribution < 1.29 is 8.42 Å². The van der Waals surface area contributed by atoms with Gasteiger partial charge < -0.3 is 5.73 Å². The van der Waals surface area contributed by atoms with E-state index in [1.54, 1.807) is 36.4 Å². The summed E-state index contributed by atoms with van der Waals surface area (Å²) in [6.07, 6.45) is 0. The molecule has 0 aromatic heterocycles. The van der Waals surface area contributed by atoms with E-state index in [1.807, 2.05) is 12.1 Å². The van der Waals surface area contributed by atoms with E-state index in [2.05, 4.69) is 18.6 Å². The maximum absolute atomic E-state index is 12.2. The summed E-state index contributed by atoms with van der Waals surface area (Å²) in [6, 6.07) is 13.5. The van der Waals surface area contributed by atoms with Gasteiger partial charge in [-0.25, -0.2) is 8.42 Å². The molecule has 0 saturated heterocycles. The zero-order chi connectivity index (χ0) is 14.8. The Morgan fingerprint density at radius 1 is 0.950 bits per heavy atom. The number of rotatable bonds is 4. The second-order valence-electron chi connectivity index (χ2n) is 4.95. The Hall–Kier alpha value is -2.01. The monoisotopic (exact) mass is 290 g/mol. The van der Waals surface area contributed by atoms with E-state index in [1.165, 1.54) is 0 Å². The van der Waals surface area contributed by atoms with Gasteiger partial charge in [0.2, 0.25) is 0 Å². The summed E-state index contributed by atoms with van der Waals surface area (Å²) in [7, 11) is -3.56. The molecule has 5 heteroatoms. The summed E-state index contributed by atoms with van der Waals surface area (Å²) < 4.78 is 27.0. The standard InChI is InChI=1S/C15H18N2O2S/c1-11(2)12-3-9-15(10-4-12)20(18,19)17-14-7-5-13(16)6-8-14/h3-11,17H,16H2,1-2H3. The van der Waals surface area contributed by atoms with Crippen molar-refractivity contribution in [3.63, 3.8) is 0 Å². The van der Waals surface area contributed by atoms with Crippen molar-refractivity contribution in [2.24, 2.45) is 0 Å². The number of sulfonamides is 1. The van der Waals surface area contributed by atoms with E-state index in [0.717, 1.165) is 5.56 Å². The van der Waals surface area contributed by atoms with Crippen molar-refractivity contribution in [2.45, 2.75) is 24.7 Å². The van der Waals surface area contributed by atoms with Gasteiger partial charge in [0, 0.05) is 11.4 Å². The van der Waals surface area contributed by atoms with E-state index in [9.17, 15) is 8.42 Å². The molecular weight excluding hydrogens is 272 g/mol. The molecule has 0 saturated carbocycles. The lowest BCUT2D eigenvalue weighted by atomic mass is 10.0. The smallest absolute Gasteiger partial charge is 0.261 e. The average Bonchev–Trinajstić information content (AvgIpc) is 2.41. The molecule has 0 fully saturated rings. The van der Waals surface area contributed by atoms with Crippen molar-refractivity contribution in [3.05, 3.63) is 54.1 Å². The number of hydrogen-bond acceptors (Lipinski definition) is 3. The molecule has 106 valence electrons. The Morgan fingerprint density at radius 3 is 2.00 bits per heavy atom. The van der Waals surface area contributed by atoms with E-state index in [-0.39, 0.29) is 4.90 Å². The van der Waals surface area contributed by atoms with Gasteiger partial charge >= 0.3 is 0 Å². The maximum atomic E-state index is 12.2. The van der Waals surface area contributed by atoms with Crippen LogP contribution in [0.4, 0.5) is 11.4 Å². The van der Waals surface area contributed by atoms with Crippen LogP contribution in [0.1, 0.15) is 25.3 Å². The summed E-state index contributed by atoms with van der Waals surface area (Å²) in [4.78, 5) is 0.249.